The number of hydrogen-bond acceptors (Lipinski definition) is 4. The second kappa shape index (κ2) is 6.57. The van der Waals surface area contributed by atoms with Crippen molar-refractivity contribution in [2.75, 3.05) is 13.1 Å². The van der Waals surface area contributed by atoms with Gasteiger partial charge < -0.3 is 11.1 Å². The second-order valence-corrected chi connectivity index (χ2v) is 3.21. The van der Waals surface area contributed by atoms with Crippen LogP contribution in [0.5, 0.6) is 0 Å². The zero-order valence-electron chi connectivity index (χ0n) is 8.85. The Morgan fingerprint density at radius 2 is 2.25 bits per heavy atom. The standard InChI is InChI=1S/C9H15N5O2/c10-9(16)13-8(15)7-11-3-1-5-14-6-2-4-12-14/h2,4,6,11H,1,3,5,7H2,(H3,10,13,15,16). The van der Waals surface area contributed by atoms with Gasteiger partial charge in [-0.3, -0.25) is 14.8 Å². The third kappa shape index (κ3) is 5.11. The third-order valence-electron chi connectivity index (χ3n) is 1.85. The van der Waals surface area contributed by atoms with Crippen LogP contribution in [0.4, 0.5) is 4.79 Å². The normalized spacial score (nSPS) is 10.0. The Hall–Kier alpha value is -1.89. The number of carbonyl (C=O) groups excluding carboxylic acids is 2. The van der Waals surface area contributed by atoms with Crippen LogP contribution in [0, 0.1) is 0 Å². The summed E-state index contributed by atoms with van der Waals surface area (Å²) in [4.78, 5) is 21.3. The molecule has 1 aromatic rings. The molecule has 88 valence electrons. The van der Waals surface area contributed by atoms with E-state index in [2.05, 4.69) is 10.4 Å². The number of rotatable bonds is 6. The van der Waals surface area contributed by atoms with Crippen LogP contribution >= 0.6 is 0 Å². The van der Waals surface area contributed by atoms with Gasteiger partial charge in [0.2, 0.25) is 5.91 Å². The lowest BCUT2D eigenvalue weighted by Crippen LogP contribution is -2.40. The summed E-state index contributed by atoms with van der Waals surface area (Å²) in [5.41, 5.74) is 4.78. The van der Waals surface area contributed by atoms with E-state index in [9.17, 15) is 9.59 Å². The molecule has 0 aliphatic rings. The van der Waals surface area contributed by atoms with Gasteiger partial charge in [0.25, 0.3) is 0 Å². The summed E-state index contributed by atoms with van der Waals surface area (Å²) in [5, 5.41) is 8.90. The summed E-state index contributed by atoms with van der Waals surface area (Å²) in [6.07, 6.45) is 4.44. The largest absolute Gasteiger partial charge is 0.351 e. The highest BCUT2D eigenvalue weighted by atomic mass is 16.2. The molecule has 1 rings (SSSR count). The predicted octanol–water partition coefficient (Wildman–Crippen LogP) is -0.942. The molecule has 7 heteroatoms. The topological polar surface area (TPSA) is 102 Å². The van der Waals surface area contributed by atoms with Crippen molar-refractivity contribution in [1.82, 2.24) is 20.4 Å². The maximum Gasteiger partial charge on any atom is 0.318 e. The van der Waals surface area contributed by atoms with Crippen LogP contribution < -0.4 is 16.4 Å². The quantitative estimate of drug-likeness (QED) is 0.543. The molecule has 1 heterocycles. The van der Waals surface area contributed by atoms with Gasteiger partial charge in [-0.05, 0) is 19.0 Å². The van der Waals surface area contributed by atoms with Gasteiger partial charge in [0, 0.05) is 18.9 Å². The maximum atomic E-state index is 11.0. The average Bonchev–Trinajstić information content (AvgIpc) is 2.68. The number of nitrogens with one attached hydrogen (secondary N) is 2. The SMILES string of the molecule is NC(=O)NC(=O)CNCCCn1cccn1. The number of aromatic nitrogens is 2. The minimum Gasteiger partial charge on any atom is -0.351 e. The van der Waals surface area contributed by atoms with Crippen molar-refractivity contribution in [3.8, 4) is 0 Å². The van der Waals surface area contributed by atoms with Crippen LogP contribution in [0.3, 0.4) is 0 Å². The number of urea groups is 1. The van der Waals surface area contributed by atoms with Crippen molar-refractivity contribution in [1.29, 1.82) is 0 Å². The van der Waals surface area contributed by atoms with E-state index in [1.165, 1.54) is 0 Å². The minimum absolute atomic E-state index is 0.0854. The lowest BCUT2D eigenvalue weighted by Gasteiger charge is -2.04. The van der Waals surface area contributed by atoms with Gasteiger partial charge in [-0.25, -0.2) is 4.79 Å². The average molecular weight is 225 g/mol. The summed E-state index contributed by atoms with van der Waals surface area (Å²) < 4.78 is 1.81. The fourth-order valence-corrected chi connectivity index (χ4v) is 1.18. The van der Waals surface area contributed by atoms with E-state index < -0.39 is 11.9 Å². The molecular formula is C9H15N5O2. The van der Waals surface area contributed by atoms with E-state index in [4.69, 9.17) is 5.73 Å². The maximum absolute atomic E-state index is 11.0. The molecule has 0 unspecified atom stereocenters. The first-order valence-electron chi connectivity index (χ1n) is 4.96. The zero-order chi connectivity index (χ0) is 11.8. The van der Waals surface area contributed by atoms with Crippen molar-refractivity contribution in [2.45, 2.75) is 13.0 Å². The molecule has 0 aliphatic heterocycles. The van der Waals surface area contributed by atoms with Crippen LogP contribution in [-0.4, -0.2) is 34.8 Å². The van der Waals surface area contributed by atoms with Crippen molar-refractivity contribution >= 4 is 11.9 Å². The van der Waals surface area contributed by atoms with Gasteiger partial charge in [0.15, 0.2) is 0 Å². The molecule has 1 aromatic heterocycles. The molecule has 3 amide bonds. The van der Waals surface area contributed by atoms with Crippen LogP contribution in [0.25, 0.3) is 0 Å². The Morgan fingerprint density at radius 1 is 1.44 bits per heavy atom. The first-order valence-corrected chi connectivity index (χ1v) is 4.96. The van der Waals surface area contributed by atoms with E-state index >= 15 is 0 Å². The van der Waals surface area contributed by atoms with Gasteiger partial charge in [-0.15, -0.1) is 0 Å². The molecule has 0 spiro atoms. The van der Waals surface area contributed by atoms with Gasteiger partial charge >= 0.3 is 6.03 Å². The monoisotopic (exact) mass is 225 g/mol. The van der Waals surface area contributed by atoms with Crippen LogP contribution in [-0.2, 0) is 11.3 Å². The summed E-state index contributed by atoms with van der Waals surface area (Å²) >= 11 is 0. The Bertz CT molecular complexity index is 336. The number of aryl methyl sites for hydroxylation is 1. The van der Waals surface area contributed by atoms with E-state index in [-0.39, 0.29) is 6.54 Å². The Morgan fingerprint density at radius 3 is 2.88 bits per heavy atom. The molecule has 16 heavy (non-hydrogen) atoms. The van der Waals surface area contributed by atoms with Crippen molar-refractivity contribution < 1.29 is 9.59 Å². The molecule has 7 nitrogen and oxygen atoms in total. The van der Waals surface area contributed by atoms with Gasteiger partial charge in [0.1, 0.15) is 0 Å². The number of hydrogen-bond donors (Lipinski definition) is 3. The highest BCUT2D eigenvalue weighted by Crippen LogP contribution is 1.87. The van der Waals surface area contributed by atoms with Gasteiger partial charge in [-0.2, -0.15) is 5.10 Å². The highest BCUT2D eigenvalue weighted by Gasteiger charge is 2.02. The van der Waals surface area contributed by atoms with Crippen molar-refractivity contribution in [3.05, 3.63) is 18.5 Å². The highest BCUT2D eigenvalue weighted by molar-refractivity contribution is 5.94. The predicted molar refractivity (Wildman–Crippen MR) is 57.4 cm³/mol. The number of amides is 3. The Labute approximate surface area is 93.0 Å². The van der Waals surface area contributed by atoms with Crippen molar-refractivity contribution in [3.63, 3.8) is 0 Å². The summed E-state index contributed by atoms with van der Waals surface area (Å²) in [6, 6.07) is 1.02. The van der Waals surface area contributed by atoms with E-state index in [1.54, 1.807) is 6.20 Å². The van der Waals surface area contributed by atoms with Crippen LogP contribution in [0.2, 0.25) is 0 Å². The molecule has 0 bridgehead atoms. The number of carbonyl (C=O) groups is 2. The smallest absolute Gasteiger partial charge is 0.318 e. The fourth-order valence-electron chi connectivity index (χ4n) is 1.18. The molecule has 0 aliphatic carbocycles. The Kier molecular flexibility index (Phi) is 5.00. The van der Waals surface area contributed by atoms with Crippen LogP contribution in [0.15, 0.2) is 18.5 Å². The molecule has 0 radical (unpaired) electrons. The molecule has 0 atom stereocenters. The first-order chi connectivity index (χ1) is 7.68. The van der Waals surface area contributed by atoms with Gasteiger partial charge in [0.05, 0.1) is 6.54 Å². The second-order valence-electron chi connectivity index (χ2n) is 3.21. The molecule has 0 saturated carbocycles. The summed E-state index contributed by atoms with van der Waals surface area (Å²) in [6.45, 7) is 1.55. The van der Waals surface area contributed by atoms with E-state index in [0.717, 1.165) is 13.0 Å². The summed E-state index contributed by atoms with van der Waals surface area (Å²) in [5.74, 6) is -0.424. The molecule has 0 aromatic carbocycles. The van der Waals surface area contributed by atoms with E-state index in [0.29, 0.717) is 6.54 Å². The minimum atomic E-state index is -0.830. The lowest BCUT2D eigenvalue weighted by molar-refractivity contribution is -0.119. The van der Waals surface area contributed by atoms with Crippen molar-refractivity contribution in [2.24, 2.45) is 5.73 Å². The third-order valence-corrected chi connectivity index (χ3v) is 1.85. The number of nitrogens with two attached hydrogens (primary N) is 1. The van der Waals surface area contributed by atoms with E-state index in [1.807, 2.05) is 22.3 Å². The molecule has 0 fully saturated rings. The fraction of sp³-hybridized carbons (Fsp3) is 0.444. The number of imide groups is 1. The molecular weight excluding hydrogens is 210 g/mol. The first kappa shape index (κ1) is 12.2. The van der Waals surface area contributed by atoms with Gasteiger partial charge in [-0.1, -0.05) is 0 Å². The number of nitrogens with zero attached hydrogens (tertiary/aromatic N) is 2. The van der Waals surface area contributed by atoms with Crippen LogP contribution in [0.1, 0.15) is 6.42 Å². The molecule has 4 N–H and O–H groups in total. The Balaban J connectivity index is 2.00. The number of primary amides is 1. The lowest BCUT2D eigenvalue weighted by atomic mass is 10.4. The zero-order valence-corrected chi connectivity index (χ0v) is 8.85. The molecule has 0 saturated heterocycles. The summed E-state index contributed by atoms with van der Waals surface area (Å²) in [7, 11) is 0.